The number of benzene rings is 2. The van der Waals surface area contributed by atoms with E-state index in [2.05, 4.69) is 14.8 Å². The highest BCUT2D eigenvalue weighted by atomic mass is 32.2. The molecule has 0 aliphatic heterocycles. The van der Waals surface area contributed by atoms with Crippen molar-refractivity contribution in [3.05, 3.63) is 59.7 Å². The van der Waals surface area contributed by atoms with Crippen molar-refractivity contribution in [1.29, 1.82) is 0 Å². The minimum absolute atomic E-state index is 0.0806. The summed E-state index contributed by atoms with van der Waals surface area (Å²) >= 11 is 0. The Morgan fingerprint density at radius 1 is 1.04 bits per heavy atom. The van der Waals surface area contributed by atoms with Gasteiger partial charge in [0.1, 0.15) is 0 Å². The number of nitrogens with one attached hydrogen (secondary N) is 2. The number of ether oxygens (including phenoxy) is 2. The van der Waals surface area contributed by atoms with Crippen molar-refractivity contribution in [2.24, 2.45) is 0 Å². The summed E-state index contributed by atoms with van der Waals surface area (Å²) in [6.07, 6.45) is 0. The maximum atomic E-state index is 12.7. The van der Waals surface area contributed by atoms with E-state index >= 15 is 0 Å². The topological polar surface area (TPSA) is 111 Å². The number of methoxy groups -OCH3 is 2. The van der Waals surface area contributed by atoms with Crippen LogP contribution in [0.25, 0.3) is 0 Å². The zero-order valence-electron chi connectivity index (χ0n) is 14.9. The summed E-state index contributed by atoms with van der Waals surface area (Å²) in [6, 6.07) is 11.7. The lowest BCUT2D eigenvalue weighted by Gasteiger charge is -2.12. The number of sulfonamides is 1. The van der Waals surface area contributed by atoms with Gasteiger partial charge < -0.3 is 14.8 Å². The Labute approximate surface area is 157 Å². The fourth-order valence-corrected chi connectivity index (χ4v) is 3.36. The minimum Gasteiger partial charge on any atom is -0.465 e. The van der Waals surface area contributed by atoms with E-state index in [1.54, 1.807) is 12.1 Å². The Bertz CT molecular complexity index is 927. The molecular weight excluding hydrogens is 372 g/mol. The lowest BCUT2D eigenvalue weighted by Crippen LogP contribution is -2.27. The number of esters is 1. The molecule has 0 bridgehead atoms. The molecule has 2 N–H and O–H groups in total. The van der Waals surface area contributed by atoms with Gasteiger partial charge >= 0.3 is 5.97 Å². The second kappa shape index (κ2) is 9.15. The molecule has 9 heteroatoms. The summed E-state index contributed by atoms with van der Waals surface area (Å²) in [5, 5.41) is 2.62. The molecule has 2 aromatic rings. The van der Waals surface area contributed by atoms with Crippen LogP contribution < -0.4 is 10.0 Å². The van der Waals surface area contributed by atoms with E-state index in [0.717, 1.165) is 0 Å². The second-order valence-corrected chi connectivity index (χ2v) is 7.10. The van der Waals surface area contributed by atoms with E-state index in [4.69, 9.17) is 4.74 Å². The maximum Gasteiger partial charge on any atom is 0.339 e. The lowest BCUT2D eigenvalue weighted by atomic mass is 10.2. The largest absolute Gasteiger partial charge is 0.465 e. The summed E-state index contributed by atoms with van der Waals surface area (Å²) in [4.78, 5) is 23.8. The van der Waals surface area contributed by atoms with Gasteiger partial charge in [0.25, 0.3) is 15.9 Å². The Kier molecular flexibility index (Phi) is 6.91. The van der Waals surface area contributed by atoms with Gasteiger partial charge in [-0.15, -0.1) is 0 Å². The number of carbonyl (C=O) groups is 2. The number of amides is 1. The van der Waals surface area contributed by atoms with Gasteiger partial charge in [0.2, 0.25) is 0 Å². The van der Waals surface area contributed by atoms with Crippen molar-refractivity contribution in [3.63, 3.8) is 0 Å². The van der Waals surface area contributed by atoms with Gasteiger partial charge in [0, 0.05) is 19.2 Å². The van der Waals surface area contributed by atoms with E-state index in [-0.39, 0.29) is 21.7 Å². The van der Waals surface area contributed by atoms with Crippen LogP contribution in [0, 0.1) is 0 Å². The smallest absolute Gasteiger partial charge is 0.339 e. The summed E-state index contributed by atoms with van der Waals surface area (Å²) in [5.74, 6) is -1.08. The van der Waals surface area contributed by atoms with Crippen molar-refractivity contribution in [2.45, 2.75) is 4.90 Å². The average Bonchev–Trinajstić information content (AvgIpc) is 2.67. The van der Waals surface area contributed by atoms with Crippen molar-refractivity contribution in [3.8, 4) is 0 Å². The van der Waals surface area contributed by atoms with E-state index in [1.807, 2.05) is 0 Å². The molecule has 0 aromatic heterocycles. The van der Waals surface area contributed by atoms with Crippen LogP contribution in [-0.2, 0) is 19.5 Å². The highest BCUT2D eigenvalue weighted by Crippen LogP contribution is 2.21. The van der Waals surface area contributed by atoms with E-state index in [0.29, 0.717) is 13.2 Å². The van der Waals surface area contributed by atoms with Gasteiger partial charge in [-0.3, -0.25) is 9.52 Å². The third kappa shape index (κ3) is 5.28. The van der Waals surface area contributed by atoms with Crippen LogP contribution in [0.3, 0.4) is 0 Å². The van der Waals surface area contributed by atoms with Crippen LogP contribution in [0.15, 0.2) is 53.4 Å². The fraction of sp³-hybridized carbons (Fsp3) is 0.222. The zero-order valence-corrected chi connectivity index (χ0v) is 15.7. The summed E-state index contributed by atoms with van der Waals surface area (Å²) in [6.45, 7) is 0.645. The van der Waals surface area contributed by atoms with Crippen molar-refractivity contribution < 1.29 is 27.5 Å². The Morgan fingerprint density at radius 2 is 1.78 bits per heavy atom. The second-order valence-electron chi connectivity index (χ2n) is 5.42. The van der Waals surface area contributed by atoms with Gasteiger partial charge in [0.05, 0.1) is 29.9 Å². The standard InChI is InChI=1S/C18H20N2O6S/c1-25-11-10-19-17(21)13-6-5-7-14(12-13)27(23,24)20-16-9-4-3-8-15(16)18(22)26-2/h3-9,12,20H,10-11H2,1-2H3,(H,19,21). The number of rotatable bonds is 8. The summed E-state index contributed by atoms with van der Waals surface area (Å²) in [5.41, 5.74) is 0.353. The van der Waals surface area contributed by atoms with E-state index in [9.17, 15) is 18.0 Å². The van der Waals surface area contributed by atoms with Crippen LogP contribution in [0.1, 0.15) is 20.7 Å². The molecule has 0 radical (unpaired) electrons. The Morgan fingerprint density at radius 3 is 2.48 bits per heavy atom. The summed E-state index contributed by atoms with van der Waals surface area (Å²) < 4.78 is 37.2. The molecule has 1 amide bonds. The third-order valence-corrected chi connectivity index (χ3v) is 4.94. The first kappa shape index (κ1) is 20.4. The molecule has 8 nitrogen and oxygen atoms in total. The molecule has 0 unspecified atom stereocenters. The molecule has 0 aliphatic carbocycles. The normalized spacial score (nSPS) is 10.9. The van der Waals surface area contributed by atoms with Gasteiger partial charge in [0.15, 0.2) is 0 Å². The van der Waals surface area contributed by atoms with Gasteiger partial charge in [-0.2, -0.15) is 0 Å². The zero-order chi connectivity index (χ0) is 19.9. The van der Waals surface area contributed by atoms with Crippen LogP contribution in [0.5, 0.6) is 0 Å². The molecular formula is C18H20N2O6S. The molecule has 0 fully saturated rings. The molecule has 0 spiro atoms. The van der Waals surface area contributed by atoms with Crippen LogP contribution in [0.2, 0.25) is 0 Å². The molecule has 0 saturated carbocycles. The highest BCUT2D eigenvalue weighted by molar-refractivity contribution is 7.92. The van der Waals surface area contributed by atoms with Gasteiger partial charge in [-0.25, -0.2) is 13.2 Å². The number of carbonyl (C=O) groups excluding carboxylic acids is 2. The maximum absolute atomic E-state index is 12.7. The predicted molar refractivity (Wildman–Crippen MR) is 99.2 cm³/mol. The molecule has 0 heterocycles. The first-order chi connectivity index (χ1) is 12.9. The van der Waals surface area contributed by atoms with Crippen LogP contribution in [0.4, 0.5) is 5.69 Å². The predicted octanol–water partition coefficient (Wildman–Crippen LogP) is 1.65. The van der Waals surface area contributed by atoms with Crippen molar-refractivity contribution >= 4 is 27.6 Å². The summed E-state index contributed by atoms with van der Waals surface area (Å²) in [7, 11) is -1.30. The molecule has 2 rings (SSSR count). The third-order valence-electron chi connectivity index (χ3n) is 3.57. The fourth-order valence-electron chi connectivity index (χ4n) is 2.24. The quantitative estimate of drug-likeness (QED) is 0.522. The molecule has 0 aliphatic rings. The number of hydrogen-bond donors (Lipinski definition) is 2. The average molecular weight is 392 g/mol. The highest BCUT2D eigenvalue weighted by Gasteiger charge is 2.20. The lowest BCUT2D eigenvalue weighted by molar-refractivity contribution is 0.0601. The van der Waals surface area contributed by atoms with Gasteiger partial charge in [-0.05, 0) is 30.3 Å². The Balaban J connectivity index is 2.27. The molecule has 0 atom stereocenters. The van der Waals surface area contributed by atoms with Crippen LogP contribution >= 0.6 is 0 Å². The first-order valence-corrected chi connectivity index (χ1v) is 9.44. The molecule has 144 valence electrons. The number of hydrogen-bond acceptors (Lipinski definition) is 6. The monoisotopic (exact) mass is 392 g/mol. The number of anilines is 1. The van der Waals surface area contributed by atoms with Gasteiger partial charge in [-0.1, -0.05) is 18.2 Å². The van der Waals surface area contributed by atoms with E-state index < -0.39 is 21.9 Å². The van der Waals surface area contributed by atoms with Crippen molar-refractivity contribution in [2.75, 3.05) is 32.1 Å². The van der Waals surface area contributed by atoms with E-state index in [1.165, 1.54) is 50.6 Å². The number of para-hydroxylation sites is 1. The molecule has 2 aromatic carbocycles. The molecule has 0 saturated heterocycles. The van der Waals surface area contributed by atoms with Crippen molar-refractivity contribution in [1.82, 2.24) is 5.32 Å². The first-order valence-electron chi connectivity index (χ1n) is 7.96. The minimum atomic E-state index is -4.02. The van der Waals surface area contributed by atoms with Crippen LogP contribution in [-0.4, -0.2) is 47.7 Å². The Hall–Kier alpha value is -2.91. The molecule has 27 heavy (non-hydrogen) atoms. The SMILES string of the molecule is COCCNC(=O)c1cccc(S(=O)(=O)Nc2ccccc2C(=O)OC)c1.